The van der Waals surface area contributed by atoms with E-state index in [2.05, 4.69) is 5.32 Å². The maximum absolute atomic E-state index is 13.3. The quantitative estimate of drug-likeness (QED) is 0.889. The second-order valence-electron chi connectivity index (χ2n) is 5.01. The fraction of sp³-hybridized carbons (Fsp3) is 0.500. The van der Waals surface area contributed by atoms with E-state index >= 15 is 0 Å². The molecular weight excluding hydrogens is 249 g/mol. The van der Waals surface area contributed by atoms with Crippen molar-refractivity contribution < 1.29 is 9.18 Å². The molecule has 2 nitrogen and oxygen atoms in total. The third-order valence-corrected chi connectivity index (χ3v) is 4.93. The second-order valence-corrected chi connectivity index (χ2v) is 6.15. The molecule has 1 amide bonds. The molecule has 1 atom stereocenters. The molecule has 0 radical (unpaired) electrons. The van der Waals surface area contributed by atoms with Gasteiger partial charge in [-0.2, -0.15) is 0 Å². The van der Waals surface area contributed by atoms with Crippen molar-refractivity contribution in [3.63, 3.8) is 0 Å². The predicted octanol–water partition coefficient (Wildman–Crippen LogP) is 3.28. The molecule has 0 bridgehead atoms. The van der Waals surface area contributed by atoms with Gasteiger partial charge >= 0.3 is 0 Å². The van der Waals surface area contributed by atoms with E-state index in [0.29, 0.717) is 0 Å². The van der Waals surface area contributed by atoms with Gasteiger partial charge < -0.3 is 5.32 Å². The molecule has 1 unspecified atom stereocenters. The van der Waals surface area contributed by atoms with Crippen LogP contribution in [0.5, 0.6) is 0 Å². The predicted molar refractivity (Wildman–Crippen MR) is 70.0 cm³/mol. The lowest BCUT2D eigenvalue weighted by Gasteiger charge is -2.30. The standard InChI is InChI=1S/C14H16FNOS/c15-10-4-5-13-11(8-10)12(6-7-18-13)16-14(17)9-2-1-3-9/h4-5,8-9,12H,1-3,6-7H2,(H,16,17). The number of carbonyl (C=O) groups excluding carboxylic acids is 1. The van der Waals surface area contributed by atoms with Crippen molar-refractivity contribution in [1.29, 1.82) is 0 Å². The lowest BCUT2D eigenvalue weighted by molar-refractivity contribution is -0.128. The largest absolute Gasteiger partial charge is 0.349 e. The third kappa shape index (κ3) is 2.26. The van der Waals surface area contributed by atoms with E-state index in [9.17, 15) is 9.18 Å². The van der Waals surface area contributed by atoms with E-state index in [-0.39, 0.29) is 23.7 Å². The first kappa shape index (κ1) is 12.0. The Balaban J connectivity index is 1.77. The average Bonchev–Trinajstić information content (AvgIpc) is 2.27. The summed E-state index contributed by atoms with van der Waals surface area (Å²) in [6, 6.07) is 4.86. The van der Waals surface area contributed by atoms with Crippen molar-refractivity contribution >= 4 is 17.7 Å². The van der Waals surface area contributed by atoms with Crippen LogP contribution in [-0.2, 0) is 4.79 Å². The van der Waals surface area contributed by atoms with Gasteiger partial charge in [0.15, 0.2) is 0 Å². The van der Waals surface area contributed by atoms with Crippen molar-refractivity contribution in [2.75, 3.05) is 5.75 Å². The Hall–Kier alpha value is -1.03. The highest BCUT2D eigenvalue weighted by atomic mass is 32.2. The zero-order valence-electron chi connectivity index (χ0n) is 10.1. The Kier molecular flexibility index (Phi) is 3.29. The second kappa shape index (κ2) is 4.92. The SMILES string of the molecule is O=C(NC1CCSc2ccc(F)cc21)C1CCC1. The molecule has 1 saturated carbocycles. The Morgan fingerprint density at radius 3 is 2.89 bits per heavy atom. The molecule has 0 spiro atoms. The average molecular weight is 265 g/mol. The topological polar surface area (TPSA) is 29.1 Å². The van der Waals surface area contributed by atoms with E-state index in [4.69, 9.17) is 0 Å². The van der Waals surface area contributed by atoms with Crippen LogP contribution in [0.2, 0.25) is 0 Å². The van der Waals surface area contributed by atoms with E-state index < -0.39 is 0 Å². The first-order valence-corrected chi connectivity index (χ1v) is 7.45. The zero-order chi connectivity index (χ0) is 12.5. The van der Waals surface area contributed by atoms with Crippen LogP contribution in [-0.4, -0.2) is 11.7 Å². The summed E-state index contributed by atoms with van der Waals surface area (Å²) in [6.07, 6.45) is 4.05. The van der Waals surface area contributed by atoms with Crippen LogP contribution in [0.15, 0.2) is 23.1 Å². The smallest absolute Gasteiger partial charge is 0.223 e. The first-order chi connectivity index (χ1) is 8.74. The summed E-state index contributed by atoms with van der Waals surface area (Å²) in [5.41, 5.74) is 0.943. The summed E-state index contributed by atoms with van der Waals surface area (Å²) in [4.78, 5) is 13.1. The molecule has 1 heterocycles. The summed E-state index contributed by atoms with van der Waals surface area (Å²) in [7, 11) is 0. The van der Waals surface area contributed by atoms with Crippen LogP contribution in [0.1, 0.15) is 37.3 Å². The van der Waals surface area contributed by atoms with Crippen molar-refractivity contribution in [3.05, 3.63) is 29.6 Å². The number of rotatable bonds is 2. The van der Waals surface area contributed by atoms with Gasteiger partial charge in [0.05, 0.1) is 6.04 Å². The van der Waals surface area contributed by atoms with Crippen molar-refractivity contribution in [3.8, 4) is 0 Å². The minimum atomic E-state index is -0.223. The Morgan fingerprint density at radius 1 is 1.33 bits per heavy atom. The lowest BCUT2D eigenvalue weighted by atomic mass is 9.84. The van der Waals surface area contributed by atoms with Crippen LogP contribution < -0.4 is 5.32 Å². The number of benzene rings is 1. The van der Waals surface area contributed by atoms with Crippen LogP contribution in [0.3, 0.4) is 0 Å². The van der Waals surface area contributed by atoms with Crippen LogP contribution in [0.25, 0.3) is 0 Å². The fourth-order valence-electron chi connectivity index (χ4n) is 2.48. The number of hydrogen-bond acceptors (Lipinski definition) is 2. The summed E-state index contributed by atoms with van der Waals surface area (Å²) >= 11 is 1.74. The Morgan fingerprint density at radius 2 is 2.17 bits per heavy atom. The van der Waals surface area contributed by atoms with Gasteiger partial charge in [-0.25, -0.2) is 4.39 Å². The maximum atomic E-state index is 13.3. The Bertz CT molecular complexity index is 473. The fourth-order valence-corrected chi connectivity index (χ4v) is 3.58. The molecule has 4 heteroatoms. The molecule has 1 aromatic carbocycles. The van der Waals surface area contributed by atoms with Crippen molar-refractivity contribution in [2.45, 2.75) is 36.6 Å². The summed E-state index contributed by atoms with van der Waals surface area (Å²) in [5, 5.41) is 3.09. The van der Waals surface area contributed by atoms with Gasteiger partial charge in [0.2, 0.25) is 5.91 Å². The molecule has 1 fully saturated rings. The number of halogens is 1. The van der Waals surface area contributed by atoms with E-state index in [1.807, 2.05) is 6.07 Å². The van der Waals surface area contributed by atoms with Gasteiger partial charge in [-0.15, -0.1) is 11.8 Å². The van der Waals surface area contributed by atoms with Crippen LogP contribution >= 0.6 is 11.8 Å². The highest BCUT2D eigenvalue weighted by Gasteiger charge is 2.29. The summed E-state index contributed by atoms with van der Waals surface area (Å²) in [5.74, 6) is 1.10. The minimum absolute atomic E-state index is 0.00921. The molecule has 1 aromatic rings. The molecular formula is C14H16FNOS. The van der Waals surface area contributed by atoms with Crippen molar-refractivity contribution in [1.82, 2.24) is 5.32 Å². The molecule has 1 N–H and O–H groups in total. The van der Waals surface area contributed by atoms with Crippen molar-refractivity contribution in [2.24, 2.45) is 5.92 Å². The monoisotopic (exact) mass is 265 g/mol. The van der Waals surface area contributed by atoms with Crippen LogP contribution in [0.4, 0.5) is 4.39 Å². The zero-order valence-corrected chi connectivity index (χ0v) is 10.9. The van der Waals surface area contributed by atoms with Gasteiger partial charge in [0.25, 0.3) is 0 Å². The van der Waals surface area contributed by atoms with Gasteiger partial charge in [-0.1, -0.05) is 6.42 Å². The molecule has 96 valence electrons. The number of nitrogens with one attached hydrogen (secondary N) is 1. The molecule has 18 heavy (non-hydrogen) atoms. The number of amides is 1. The number of carbonyl (C=O) groups is 1. The number of thioether (sulfide) groups is 1. The molecule has 0 aromatic heterocycles. The Labute approximate surface area is 110 Å². The van der Waals surface area contributed by atoms with Gasteiger partial charge in [-0.05, 0) is 43.0 Å². The van der Waals surface area contributed by atoms with E-state index in [0.717, 1.165) is 41.9 Å². The molecule has 0 saturated heterocycles. The molecule has 3 rings (SSSR count). The highest BCUT2D eigenvalue weighted by molar-refractivity contribution is 7.99. The van der Waals surface area contributed by atoms with E-state index in [1.54, 1.807) is 17.8 Å². The third-order valence-electron chi connectivity index (χ3n) is 3.80. The van der Waals surface area contributed by atoms with E-state index in [1.165, 1.54) is 6.07 Å². The molecule has 1 aliphatic heterocycles. The summed E-state index contributed by atoms with van der Waals surface area (Å²) < 4.78 is 13.3. The van der Waals surface area contributed by atoms with Gasteiger partial charge in [-0.3, -0.25) is 4.79 Å². The minimum Gasteiger partial charge on any atom is -0.349 e. The molecule has 2 aliphatic rings. The summed E-state index contributed by atoms with van der Waals surface area (Å²) in [6.45, 7) is 0. The number of hydrogen-bond donors (Lipinski definition) is 1. The lowest BCUT2D eigenvalue weighted by Crippen LogP contribution is -2.38. The van der Waals surface area contributed by atoms with Gasteiger partial charge in [0.1, 0.15) is 5.82 Å². The molecule has 1 aliphatic carbocycles. The van der Waals surface area contributed by atoms with Crippen LogP contribution in [0, 0.1) is 11.7 Å². The van der Waals surface area contributed by atoms with Gasteiger partial charge in [0, 0.05) is 16.6 Å². The highest BCUT2D eigenvalue weighted by Crippen LogP contribution is 2.37. The first-order valence-electron chi connectivity index (χ1n) is 6.46. The normalized spacial score (nSPS) is 23.1. The number of fused-ring (bicyclic) bond motifs is 1. The maximum Gasteiger partial charge on any atom is 0.223 e.